The van der Waals surface area contributed by atoms with Crippen molar-refractivity contribution >= 4 is 29.3 Å². The van der Waals surface area contributed by atoms with Gasteiger partial charge in [-0.05, 0) is 68.3 Å². The Bertz CT molecular complexity index is 807. The van der Waals surface area contributed by atoms with E-state index in [2.05, 4.69) is 24.1 Å². The van der Waals surface area contributed by atoms with Crippen molar-refractivity contribution in [3.05, 3.63) is 23.3 Å². The number of benzene rings is 1. The maximum atomic E-state index is 13.4. The first-order valence-corrected chi connectivity index (χ1v) is 12.3. The summed E-state index contributed by atoms with van der Waals surface area (Å²) in [4.78, 5) is 15.9. The Morgan fingerprint density at radius 2 is 1.93 bits per heavy atom. The summed E-state index contributed by atoms with van der Waals surface area (Å²) in [5.41, 5.74) is 2.75. The van der Waals surface area contributed by atoms with Crippen LogP contribution in [0.3, 0.4) is 0 Å². The lowest BCUT2D eigenvalue weighted by atomic mass is 9.51. The van der Waals surface area contributed by atoms with Crippen molar-refractivity contribution in [2.24, 2.45) is 5.92 Å². The van der Waals surface area contributed by atoms with Gasteiger partial charge in [-0.3, -0.25) is 4.79 Å². The predicted molar refractivity (Wildman–Crippen MR) is 116 cm³/mol. The van der Waals surface area contributed by atoms with Crippen molar-refractivity contribution in [3.63, 3.8) is 0 Å². The van der Waals surface area contributed by atoms with Gasteiger partial charge in [-0.2, -0.15) is 0 Å². The topological polar surface area (TPSA) is 38.8 Å². The van der Waals surface area contributed by atoms with Crippen molar-refractivity contribution < 1.29 is 14.3 Å². The van der Waals surface area contributed by atoms with Crippen LogP contribution in [0.15, 0.2) is 12.1 Å². The lowest BCUT2D eigenvalue weighted by Crippen LogP contribution is -2.64. The molecule has 0 N–H and O–H groups in total. The van der Waals surface area contributed by atoms with Gasteiger partial charge < -0.3 is 14.4 Å². The Balaban J connectivity index is 1.71. The number of thioether (sulfide) groups is 2. The maximum absolute atomic E-state index is 13.4. The highest BCUT2D eigenvalue weighted by atomic mass is 32.2. The molecule has 0 radical (unpaired) electrons. The second-order valence-electron chi connectivity index (χ2n) is 8.71. The van der Waals surface area contributed by atoms with Gasteiger partial charge in [0.1, 0.15) is 4.08 Å². The molecule has 0 unspecified atom stereocenters. The summed E-state index contributed by atoms with van der Waals surface area (Å²) in [6.07, 6.45) is 4.95. The van der Waals surface area contributed by atoms with E-state index in [0.717, 1.165) is 48.8 Å². The molecule has 0 aromatic heterocycles. The number of likely N-dealkylation sites (tertiary alicyclic amines) is 1. The number of carbonyl (C=O) groups is 1. The van der Waals surface area contributed by atoms with Crippen LogP contribution in [0.2, 0.25) is 0 Å². The van der Waals surface area contributed by atoms with Crippen molar-refractivity contribution in [3.8, 4) is 11.5 Å². The molecule has 4 aliphatic rings. The van der Waals surface area contributed by atoms with Gasteiger partial charge >= 0.3 is 0 Å². The normalized spacial score (nSPS) is 33.9. The van der Waals surface area contributed by atoms with E-state index in [1.54, 1.807) is 14.2 Å². The minimum absolute atomic E-state index is 0.00981. The highest BCUT2D eigenvalue weighted by Gasteiger charge is 2.63. The molecule has 6 heteroatoms. The molecule has 1 saturated carbocycles. The van der Waals surface area contributed by atoms with E-state index in [9.17, 15) is 4.79 Å². The standard InChI is InChI=1S/C22H29NO3S2/c1-23-8-7-21-13-22(27-9-4-10-28-22)18(24)12-15(21)16(23)11-14-5-6-17(25-2)20(26-3)19(14)21/h5-6,15-16H,4,7-13H2,1-3H3/t15-,16+,21-/m1/s1. The molecule has 28 heavy (non-hydrogen) atoms. The van der Waals surface area contributed by atoms with Gasteiger partial charge in [-0.15, -0.1) is 23.5 Å². The number of rotatable bonds is 2. The number of hydrogen-bond acceptors (Lipinski definition) is 6. The predicted octanol–water partition coefficient (Wildman–Crippen LogP) is 3.75. The molecule has 1 aromatic carbocycles. The molecule has 2 heterocycles. The SMILES string of the molecule is COc1ccc2c(c1OC)[C@@]13CCN(C)[C@@H](C2)[C@H]1CC(=O)C1(C3)SCCCS1. The second kappa shape index (κ2) is 6.85. The zero-order valence-electron chi connectivity index (χ0n) is 17.0. The summed E-state index contributed by atoms with van der Waals surface area (Å²) >= 11 is 3.83. The molecule has 2 aliphatic heterocycles. The Kier molecular flexibility index (Phi) is 4.68. The number of methoxy groups -OCH3 is 2. The van der Waals surface area contributed by atoms with E-state index in [-0.39, 0.29) is 9.49 Å². The molecule has 152 valence electrons. The molecule has 5 rings (SSSR count). The summed E-state index contributed by atoms with van der Waals surface area (Å²) in [6.45, 7) is 1.08. The summed E-state index contributed by atoms with van der Waals surface area (Å²) in [5, 5.41) is 0. The zero-order valence-corrected chi connectivity index (χ0v) is 18.6. The molecule has 2 aliphatic carbocycles. The fourth-order valence-corrected chi connectivity index (χ4v) is 9.73. The van der Waals surface area contributed by atoms with Crippen LogP contribution in [-0.2, 0) is 16.6 Å². The summed E-state index contributed by atoms with van der Waals surface area (Å²) in [5.74, 6) is 4.79. The molecule has 3 atom stereocenters. The van der Waals surface area contributed by atoms with E-state index < -0.39 is 0 Å². The Morgan fingerprint density at radius 3 is 2.64 bits per heavy atom. The number of piperidine rings is 1. The summed E-state index contributed by atoms with van der Waals surface area (Å²) in [7, 11) is 5.72. The van der Waals surface area contributed by atoms with Crippen LogP contribution >= 0.6 is 23.5 Å². The average Bonchev–Trinajstić information content (AvgIpc) is 2.71. The van der Waals surface area contributed by atoms with Crippen molar-refractivity contribution in [2.45, 2.75) is 47.6 Å². The van der Waals surface area contributed by atoms with Gasteiger partial charge in [0.25, 0.3) is 0 Å². The number of ketones is 1. The van der Waals surface area contributed by atoms with E-state index >= 15 is 0 Å². The smallest absolute Gasteiger partial charge is 0.164 e. The fraction of sp³-hybridized carbons (Fsp3) is 0.682. The molecule has 2 saturated heterocycles. The van der Waals surface area contributed by atoms with E-state index in [1.165, 1.54) is 17.5 Å². The van der Waals surface area contributed by atoms with Crippen LogP contribution in [0.25, 0.3) is 0 Å². The summed E-state index contributed by atoms with van der Waals surface area (Å²) in [6, 6.07) is 4.74. The van der Waals surface area contributed by atoms with E-state index in [0.29, 0.717) is 24.2 Å². The summed E-state index contributed by atoms with van der Waals surface area (Å²) < 4.78 is 11.4. The van der Waals surface area contributed by atoms with Crippen LogP contribution in [0.1, 0.15) is 36.8 Å². The molecule has 1 aromatic rings. The number of carbonyl (C=O) groups excluding carboxylic acids is 1. The van der Waals surface area contributed by atoms with Gasteiger partial charge in [-0.25, -0.2) is 0 Å². The van der Waals surface area contributed by atoms with E-state index in [4.69, 9.17) is 9.47 Å². The number of ether oxygens (including phenoxy) is 2. The molecule has 1 spiro atoms. The number of fused-ring (bicyclic) bond motifs is 1. The first-order valence-electron chi connectivity index (χ1n) is 10.3. The Morgan fingerprint density at radius 1 is 1.14 bits per heavy atom. The van der Waals surface area contributed by atoms with Crippen LogP contribution < -0.4 is 9.47 Å². The quantitative estimate of drug-likeness (QED) is 0.727. The fourth-order valence-electron chi connectivity index (χ4n) is 6.27. The second-order valence-corrected chi connectivity index (χ2v) is 11.8. The Hall–Kier alpha value is -0.850. The molecule has 0 amide bonds. The zero-order chi connectivity index (χ0) is 19.5. The van der Waals surface area contributed by atoms with Crippen LogP contribution in [-0.4, -0.2) is 60.1 Å². The van der Waals surface area contributed by atoms with Gasteiger partial charge in [-0.1, -0.05) is 6.07 Å². The maximum Gasteiger partial charge on any atom is 0.164 e. The lowest BCUT2D eigenvalue weighted by molar-refractivity contribution is -0.127. The van der Waals surface area contributed by atoms with Crippen LogP contribution in [0.4, 0.5) is 0 Å². The minimum atomic E-state index is -0.266. The van der Waals surface area contributed by atoms with Crippen molar-refractivity contribution in [1.82, 2.24) is 4.90 Å². The third-order valence-electron chi connectivity index (χ3n) is 7.55. The number of Topliss-reactive ketones (excluding diaryl/α,β-unsaturated/α-hetero) is 1. The van der Waals surface area contributed by atoms with E-state index in [1.807, 2.05) is 23.5 Å². The van der Waals surface area contributed by atoms with Crippen LogP contribution in [0, 0.1) is 5.92 Å². The highest BCUT2D eigenvalue weighted by molar-refractivity contribution is 8.19. The molecular formula is C22H29NO3S2. The van der Waals surface area contributed by atoms with Gasteiger partial charge in [0.05, 0.1) is 14.2 Å². The van der Waals surface area contributed by atoms with Crippen molar-refractivity contribution in [2.75, 3.05) is 39.3 Å². The largest absolute Gasteiger partial charge is 0.493 e. The monoisotopic (exact) mass is 419 g/mol. The average molecular weight is 420 g/mol. The molecule has 4 nitrogen and oxygen atoms in total. The Labute approximate surface area is 176 Å². The van der Waals surface area contributed by atoms with Gasteiger partial charge in [0, 0.05) is 23.4 Å². The minimum Gasteiger partial charge on any atom is -0.493 e. The molecular weight excluding hydrogens is 390 g/mol. The van der Waals surface area contributed by atoms with Gasteiger partial charge in [0.2, 0.25) is 0 Å². The number of hydrogen-bond donors (Lipinski definition) is 0. The molecule has 2 bridgehead atoms. The van der Waals surface area contributed by atoms with Gasteiger partial charge in [0.15, 0.2) is 17.3 Å². The van der Waals surface area contributed by atoms with Crippen LogP contribution in [0.5, 0.6) is 11.5 Å². The number of nitrogens with zero attached hydrogens (tertiary/aromatic N) is 1. The number of likely N-dealkylation sites (N-methyl/N-ethyl adjacent to an activating group) is 1. The third-order valence-corrected chi connectivity index (χ3v) is 10.9. The van der Waals surface area contributed by atoms with Crippen molar-refractivity contribution in [1.29, 1.82) is 0 Å². The third kappa shape index (κ3) is 2.53. The lowest BCUT2D eigenvalue weighted by Gasteiger charge is -2.61. The first-order chi connectivity index (χ1) is 13.5. The first kappa shape index (κ1) is 19.1. The highest BCUT2D eigenvalue weighted by Crippen LogP contribution is 2.64. The molecule has 3 fully saturated rings.